The predicted octanol–water partition coefficient (Wildman–Crippen LogP) is 1.71. The van der Waals surface area contributed by atoms with Gasteiger partial charge in [0.05, 0.1) is 5.02 Å². The molecule has 1 fully saturated rings. The maximum absolute atomic E-state index is 6.50. The molecule has 0 bridgehead atoms. The molecule has 6 heteroatoms. The van der Waals surface area contributed by atoms with Crippen molar-refractivity contribution in [1.29, 1.82) is 0 Å². The van der Waals surface area contributed by atoms with Crippen molar-refractivity contribution in [3.63, 3.8) is 0 Å². The Morgan fingerprint density at radius 2 is 1.86 bits per heavy atom. The molecule has 3 heterocycles. The fraction of sp³-hybridized carbons (Fsp3) is 0.348. The smallest absolute Gasteiger partial charge is 0.152 e. The summed E-state index contributed by atoms with van der Waals surface area (Å²) in [5.41, 5.74) is 3.42. The van der Waals surface area contributed by atoms with Gasteiger partial charge in [-0.15, -0.1) is 0 Å². The number of aromatic nitrogens is 1. The highest BCUT2D eigenvalue weighted by Gasteiger charge is 2.29. The van der Waals surface area contributed by atoms with Gasteiger partial charge in [-0.1, -0.05) is 41.9 Å². The highest BCUT2D eigenvalue weighted by Crippen LogP contribution is 2.37. The lowest BCUT2D eigenvalue weighted by Gasteiger charge is -2.40. The van der Waals surface area contributed by atoms with Crippen molar-refractivity contribution in [2.75, 3.05) is 19.8 Å². The van der Waals surface area contributed by atoms with Crippen molar-refractivity contribution in [2.45, 2.75) is 32.0 Å². The summed E-state index contributed by atoms with van der Waals surface area (Å²) in [6.45, 7) is 4.81. The molecule has 152 valence electrons. The number of nitrogens with zero attached hydrogens (tertiary/aromatic N) is 3. The van der Waals surface area contributed by atoms with Crippen LogP contribution in [0.5, 0.6) is 5.75 Å². The summed E-state index contributed by atoms with van der Waals surface area (Å²) in [5, 5.41) is 1.72. The Kier molecular flexibility index (Phi) is 6.26. The van der Waals surface area contributed by atoms with Crippen molar-refractivity contribution in [2.24, 2.45) is 0 Å². The minimum Gasteiger partial charge on any atom is -1.00 e. The number of halogens is 2. The third-order valence-electron chi connectivity index (χ3n) is 5.94. The van der Waals surface area contributed by atoms with Gasteiger partial charge in [-0.05, 0) is 49.7 Å². The molecule has 0 amide bonds. The van der Waals surface area contributed by atoms with Gasteiger partial charge in [-0.2, -0.15) is 0 Å². The van der Waals surface area contributed by atoms with E-state index in [1.807, 2.05) is 12.1 Å². The highest BCUT2D eigenvalue weighted by molar-refractivity contribution is 6.35. The van der Waals surface area contributed by atoms with E-state index in [1.54, 1.807) is 6.20 Å². The summed E-state index contributed by atoms with van der Waals surface area (Å²) in [4.78, 5) is 9.51. The molecule has 1 aromatic heterocycles. The van der Waals surface area contributed by atoms with Gasteiger partial charge in [0.2, 0.25) is 0 Å². The molecule has 29 heavy (non-hydrogen) atoms. The van der Waals surface area contributed by atoms with Gasteiger partial charge in [-0.25, -0.2) is 0 Å². The van der Waals surface area contributed by atoms with Gasteiger partial charge in [0.15, 0.2) is 5.75 Å². The van der Waals surface area contributed by atoms with Gasteiger partial charge in [0, 0.05) is 36.3 Å². The fourth-order valence-electron chi connectivity index (χ4n) is 4.44. The SMILES string of the molecule is Clc1cc2c(c3ncccc13)OCN(C1CCN(Cc3ccccc3)CC1)C2.[Cl-]. The molecule has 0 aliphatic carbocycles. The van der Waals surface area contributed by atoms with Crippen LogP contribution in [0.15, 0.2) is 54.7 Å². The second-order valence-electron chi connectivity index (χ2n) is 7.76. The average molecular weight is 429 g/mol. The zero-order valence-electron chi connectivity index (χ0n) is 16.2. The molecular weight excluding hydrogens is 405 g/mol. The number of fused-ring (bicyclic) bond motifs is 3. The van der Waals surface area contributed by atoms with Crippen molar-refractivity contribution in [3.05, 3.63) is 70.9 Å². The molecular formula is C23H24Cl2N3O-. The summed E-state index contributed by atoms with van der Waals surface area (Å²) < 4.78 is 6.17. The lowest BCUT2D eigenvalue weighted by molar-refractivity contribution is -0.00000722. The highest BCUT2D eigenvalue weighted by atomic mass is 35.5. The summed E-state index contributed by atoms with van der Waals surface area (Å²) in [5.74, 6) is 0.901. The molecule has 0 spiro atoms. The maximum Gasteiger partial charge on any atom is 0.152 e. The number of ether oxygens (including phenoxy) is 1. The summed E-state index contributed by atoms with van der Waals surface area (Å²) in [6, 6.07) is 17.3. The van der Waals surface area contributed by atoms with E-state index in [4.69, 9.17) is 16.3 Å². The number of likely N-dealkylation sites (tertiary alicyclic amines) is 1. The average Bonchev–Trinajstić information content (AvgIpc) is 2.75. The first-order chi connectivity index (χ1) is 13.8. The predicted molar refractivity (Wildman–Crippen MR) is 113 cm³/mol. The van der Waals surface area contributed by atoms with E-state index in [1.165, 1.54) is 18.4 Å². The van der Waals surface area contributed by atoms with Crippen LogP contribution in [0.2, 0.25) is 5.02 Å². The first-order valence-corrected chi connectivity index (χ1v) is 10.3. The minimum absolute atomic E-state index is 0. The molecule has 0 saturated carbocycles. The third-order valence-corrected chi connectivity index (χ3v) is 6.26. The summed E-state index contributed by atoms with van der Waals surface area (Å²) >= 11 is 6.50. The van der Waals surface area contributed by atoms with Crippen LogP contribution < -0.4 is 17.1 Å². The van der Waals surface area contributed by atoms with E-state index < -0.39 is 0 Å². The fourth-order valence-corrected chi connectivity index (χ4v) is 4.72. The standard InChI is InChI=1S/C23H24ClN3O.ClH/c24-21-13-18-15-27(16-28-23(18)22-20(21)7-4-10-25-22)19-8-11-26(12-9-19)14-17-5-2-1-3-6-17;/h1-7,10,13,19H,8-9,11-12,14-16H2;1H/p-1. The first kappa shape index (κ1) is 20.4. The molecule has 0 atom stereocenters. The molecule has 0 unspecified atom stereocenters. The summed E-state index contributed by atoms with van der Waals surface area (Å²) in [7, 11) is 0. The molecule has 0 N–H and O–H groups in total. The Hall–Kier alpha value is -1.85. The van der Waals surface area contributed by atoms with E-state index in [9.17, 15) is 0 Å². The largest absolute Gasteiger partial charge is 1.00 e. The number of pyridine rings is 1. The van der Waals surface area contributed by atoms with Crippen LogP contribution in [-0.2, 0) is 13.1 Å². The maximum atomic E-state index is 6.50. The van der Waals surface area contributed by atoms with Gasteiger partial charge in [0.25, 0.3) is 0 Å². The van der Waals surface area contributed by atoms with Crippen molar-refractivity contribution in [3.8, 4) is 5.75 Å². The monoisotopic (exact) mass is 428 g/mol. The van der Waals surface area contributed by atoms with Crippen LogP contribution >= 0.6 is 11.6 Å². The van der Waals surface area contributed by atoms with Crippen LogP contribution in [0.3, 0.4) is 0 Å². The number of rotatable bonds is 3. The quantitative estimate of drug-likeness (QED) is 0.634. The van der Waals surface area contributed by atoms with Crippen molar-refractivity contribution >= 4 is 22.5 Å². The topological polar surface area (TPSA) is 28.6 Å². The zero-order valence-corrected chi connectivity index (χ0v) is 17.7. The molecule has 5 rings (SSSR count). The first-order valence-electron chi connectivity index (χ1n) is 9.97. The number of benzene rings is 2. The van der Waals surface area contributed by atoms with Crippen LogP contribution in [0.4, 0.5) is 0 Å². The van der Waals surface area contributed by atoms with Gasteiger partial charge < -0.3 is 17.1 Å². The Morgan fingerprint density at radius 1 is 1.07 bits per heavy atom. The lowest BCUT2D eigenvalue weighted by atomic mass is 10.0. The third kappa shape index (κ3) is 4.22. The normalized spacial score (nSPS) is 18.1. The van der Waals surface area contributed by atoms with Crippen LogP contribution in [0.25, 0.3) is 10.9 Å². The van der Waals surface area contributed by atoms with Gasteiger partial charge >= 0.3 is 0 Å². The van der Waals surface area contributed by atoms with Gasteiger partial charge in [-0.3, -0.25) is 14.8 Å². The second-order valence-corrected chi connectivity index (χ2v) is 8.17. The molecule has 0 radical (unpaired) electrons. The number of piperidine rings is 1. The molecule has 4 nitrogen and oxygen atoms in total. The summed E-state index contributed by atoms with van der Waals surface area (Å²) in [6.07, 6.45) is 4.15. The lowest BCUT2D eigenvalue weighted by Crippen LogP contribution is -3.00. The number of hydrogen-bond donors (Lipinski definition) is 0. The number of hydrogen-bond acceptors (Lipinski definition) is 4. The van der Waals surface area contributed by atoms with Crippen molar-refractivity contribution < 1.29 is 17.1 Å². The minimum atomic E-state index is 0. The van der Waals surface area contributed by atoms with E-state index in [2.05, 4.69) is 51.2 Å². The van der Waals surface area contributed by atoms with Crippen LogP contribution in [-0.4, -0.2) is 40.6 Å². The van der Waals surface area contributed by atoms with Gasteiger partial charge in [0.1, 0.15) is 12.2 Å². The molecule has 1 saturated heterocycles. The molecule has 2 aliphatic heterocycles. The second kappa shape index (κ2) is 8.88. The van der Waals surface area contributed by atoms with E-state index >= 15 is 0 Å². The molecule has 3 aromatic rings. The molecule has 2 aliphatic rings. The van der Waals surface area contributed by atoms with E-state index in [-0.39, 0.29) is 12.4 Å². The van der Waals surface area contributed by atoms with E-state index in [0.717, 1.165) is 53.4 Å². The Morgan fingerprint density at radius 3 is 2.66 bits per heavy atom. The van der Waals surface area contributed by atoms with Crippen LogP contribution in [0, 0.1) is 0 Å². The van der Waals surface area contributed by atoms with E-state index in [0.29, 0.717) is 12.8 Å². The van der Waals surface area contributed by atoms with Crippen LogP contribution in [0.1, 0.15) is 24.0 Å². The molecule has 2 aromatic carbocycles. The Balaban J connectivity index is 0.00000205. The van der Waals surface area contributed by atoms with Crippen molar-refractivity contribution in [1.82, 2.24) is 14.8 Å². The zero-order chi connectivity index (χ0) is 18.9. The Labute approximate surface area is 182 Å². The Bertz CT molecular complexity index is 975.